The first-order valence-corrected chi connectivity index (χ1v) is 8.50. The summed E-state index contributed by atoms with van der Waals surface area (Å²) in [6, 6.07) is 5.65. The molecule has 9 heteroatoms. The van der Waals surface area contributed by atoms with Gasteiger partial charge in [0.05, 0.1) is 10.6 Å². The van der Waals surface area contributed by atoms with Gasteiger partial charge in [-0.2, -0.15) is 0 Å². The number of benzene rings is 1. The van der Waals surface area contributed by atoms with Crippen molar-refractivity contribution in [3.05, 3.63) is 24.3 Å². The van der Waals surface area contributed by atoms with Crippen LogP contribution in [-0.4, -0.2) is 47.5 Å². The fraction of sp³-hybridized carbons (Fsp3) is 0.400. The Morgan fingerprint density at radius 3 is 2.11 bits per heavy atom. The second-order valence-electron chi connectivity index (χ2n) is 4.07. The Kier molecular flexibility index (Phi) is 4.91. The standard InChI is InChI=1S/C10H17N3O4S2/c1-13(2)18(14,15)8-7-12-19(16,17)10-5-3-9(11)4-6-10/h3-6,12H,7-8,11H2,1-2H3. The molecule has 19 heavy (non-hydrogen) atoms. The van der Waals surface area contributed by atoms with Gasteiger partial charge >= 0.3 is 0 Å². The van der Waals surface area contributed by atoms with Gasteiger partial charge in [-0.25, -0.2) is 25.9 Å². The predicted molar refractivity (Wildman–Crippen MR) is 73.5 cm³/mol. The highest BCUT2D eigenvalue weighted by atomic mass is 32.2. The summed E-state index contributed by atoms with van der Waals surface area (Å²) in [6.45, 7) is -0.187. The van der Waals surface area contributed by atoms with Crippen molar-refractivity contribution in [1.29, 1.82) is 0 Å². The van der Waals surface area contributed by atoms with E-state index < -0.39 is 20.0 Å². The number of nitrogens with two attached hydrogens (primary N) is 1. The fourth-order valence-electron chi connectivity index (χ4n) is 1.22. The van der Waals surface area contributed by atoms with E-state index in [2.05, 4.69) is 4.72 Å². The molecule has 0 aliphatic heterocycles. The minimum absolute atomic E-state index is 0.0453. The van der Waals surface area contributed by atoms with Crippen molar-refractivity contribution in [2.45, 2.75) is 4.90 Å². The van der Waals surface area contributed by atoms with E-state index in [-0.39, 0.29) is 17.2 Å². The van der Waals surface area contributed by atoms with Crippen LogP contribution in [0.1, 0.15) is 0 Å². The minimum Gasteiger partial charge on any atom is -0.399 e. The predicted octanol–water partition coefficient (Wildman–Crippen LogP) is -0.561. The highest BCUT2D eigenvalue weighted by Crippen LogP contribution is 2.11. The highest BCUT2D eigenvalue weighted by Gasteiger charge is 2.17. The fourth-order valence-corrected chi connectivity index (χ4v) is 3.10. The van der Waals surface area contributed by atoms with E-state index in [1.807, 2.05) is 0 Å². The van der Waals surface area contributed by atoms with Gasteiger partial charge in [0.2, 0.25) is 20.0 Å². The molecule has 0 unspecified atom stereocenters. The van der Waals surface area contributed by atoms with Crippen molar-refractivity contribution in [2.75, 3.05) is 32.1 Å². The van der Waals surface area contributed by atoms with Crippen LogP contribution in [0.15, 0.2) is 29.2 Å². The van der Waals surface area contributed by atoms with E-state index in [0.717, 1.165) is 4.31 Å². The number of rotatable bonds is 6. The van der Waals surface area contributed by atoms with Crippen LogP contribution >= 0.6 is 0 Å². The normalized spacial score (nSPS) is 12.8. The molecule has 7 nitrogen and oxygen atoms in total. The molecule has 0 spiro atoms. The average Bonchev–Trinajstić information content (AvgIpc) is 2.28. The third-order valence-electron chi connectivity index (χ3n) is 2.40. The molecule has 0 heterocycles. The van der Waals surface area contributed by atoms with Gasteiger partial charge in [-0.3, -0.25) is 0 Å². The Morgan fingerprint density at radius 2 is 1.63 bits per heavy atom. The summed E-state index contributed by atoms with van der Waals surface area (Å²) in [6.07, 6.45) is 0. The number of sulfonamides is 2. The lowest BCUT2D eigenvalue weighted by Crippen LogP contribution is -2.33. The Bertz CT molecular complexity index is 621. The lowest BCUT2D eigenvalue weighted by molar-refractivity contribution is 0.519. The SMILES string of the molecule is CN(C)S(=O)(=O)CCNS(=O)(=O)c1ccc(N)cc1. The number of hydrogen-bond acceptors (Lipinski definition) is 5. The molecule has 0 radical (unpaired) electrons. The lowest BCUT2D eigenvalue weighted by Gasteiger charge is -2.11. The zero-order chi connectivity index (χ0) is 14.7. The van der Waals surface area contributed by atoms with Crippen LogP contribution in [0.25, 0.3) is 0 Å². The van der Waals surface area contributed by atoms with Crippen molar-refractivity contribution in [2.24, 2.45) is 0 Å². The zero-order valence-electron chi connectivity index (χ0n) is 10.7. The minimum atomic E-state index is -3.71. The molecule has 1 rings (SSSR count). The van der Waals surface area contributed by atoms with Crippen LogP contribution in [0.4, 0.5) is 5.69 Å². The molecule has 1 aromatic carbocycles. The van der Waals surface area contributed by atoms with Gasteiger partial charge in [0.1, 0.15) is 0 Å². The third kappa shape index (κ3) is 4.46. The molecule has 0 saturated carbocycles. The second-order valence-corrected chi connectivity index (χ2v) is 8.13. The maximum Gasteiger partial charge on any atom is 0.240 e. The molecular weight excluding hydrogens is 290 g/mol. The summed E-state index contributed by atoms with van der Waals surface area (Å²) in [5.41, 5.74) is 5.91. The Labute approximate surface area is 113 Å². The van der Waals surface area contributed by atoms with Crippen molar-refractivity contribution >= 4 is 25.7 Å². The molecule has 0 atom stereocenters. The molecule has 0 aliphatic rings. The van der Waals surface area contributed by atoms with Crippen molar-refractivity contribution < 1.29 is 16.8 Å². The first-order valence-electron chi connectivity index (χ1n) is 5.40. The Balaban J connectivity index is 2.70. The Morgan fingerprint density at radius 1 is 1.11 bits per heavy atom. The van der Waals surface area contributed by atoms with Gasteiger partial charge in [-0.05, 0) is 24.3 Å². The first-order chi connectivity index (χ1) is 8.65. The quantitative estimate of drug-likeness (QED) is 0.685. The van der Waals surface area contributed by atoms with Gasteiger partial charge in [-0.1, -0.05) is 0 Å². The second kappa shape index (κ2) is 5.87. The maximum atomic E-state index is 11.8. The van der Waals surface area contributed by atoms with Crippen molar-refractivity contribution in [1.82, 2.24) is 9.03 Å². The maximum absolute atomic E-state index is 11.8. The molecular formula is C10H17N3O4S2. The molecule has 0 saturated heterocycles. The van der Waals surface area contributed by atoms with Gasteiger partial charge in [-0.15, -0.1) is 0 Å². The first kappa shape index (κ1) is 15.9. The van der Waals surface area contributed by atoms with Crippen molar-refractivity contribution in [3.63, 3.8) is 0 Å². The monoisotopic (exact) mass is 307 g/mol. The third-order valence-corrected chi connectivity index (χ3v) is 5.71. The van der Waals surface area contributed by atoms with Gasteiger partial charge in [0.15, 0.2) is 0 Å². The molecule has 108 valence electrons. The highest BCUT2D eigenvalue weighted by molar-refractivity contribution is 7.90. The summed E-state index contributed by atoms with van der Waals surface area (Å²) in [7, 11) is -4.35. The molecule has 0 fully saturated rings. The van der Waals surface area contributed by atoms with E-state index in [0.29, 0.717) is 5.69 Å². The largest absolute Gasteiger partial charge is 0.399 e. The van der Waals surface area contributed by atoms with Crippen LogP contribution in [0.2, 0.25) is 0 Å². The topological polar surface area (TPSA) is 110 Å². The van der Waals surface area contributed by atoms with E-state index >= 15 is 0 Å². The van der Waals surface area contributed by atoms with Crippen LogP contribution in [-0.2, 0) is 20.0 Å². The van der Waals surface area contributed by atoms with Crippen LogP contribution in [0.3, 0.4) is 0 Å². The molecule has 0 amide bonds. The van der Waals surface area contributed by atoms with Crippen molar-refractivity contribution in [3.8, 4) is 0 Å². The van der Waals surface area contributed by atoms with E-state index in [1.54, 1.807) is 0 Å². The smallest absolute Gasteiger partial charge is 0.240 e. The van der Waals surface area contributed by atoms with E-state index in [4.69, 9.17) is 5.73 Å². The number of anilines is 1. The number of nitrogens with zero attached hydrogens (tertiary/aromatic N) is 1. The van der Waals surface area contributed by atoms with Crippen LogP contribution in [0.5, 0.6) is 0 Å². The molecule has 1 aromatic rings. The molecule has 0 bridgehead atoms. The average molecular weight is 307 g/mol. The summed E-state index contributed by atoms with van der Waals surface area (Å²) in [4.78, 5) is 0.0453. The summed E-state index contributed by atoms with van der Waals surface area (Å²) >= 11 is 0. The van der Waals surface area contributed by atoms with Crippen LogP contribution in [0, 0.1) is 0 Å². The van der Waals surface area contributed by atoms with Gasteiger partial charge in [0.25, 0.3) is 0 Å². The number of nitrogens with one attached hydrogen (secondary N) is 1. The van der Waals surface area contributed by atoms with Gasteiger partial charge < -0.3 is 5.73 Å². The number of hydrogen-bond donors (Lipinski definition) is 2. The number of nitrogen functional groups attached to an aromatic ring is 1. The lowest BCUT2D eigenvalue weighted by atomic mass is 10.3. The van der Waals surface area contributed by atoms with Crippen LogP contribution < -0.4 is 10.5 Å². The molecule has 3 N–H and O–H groups in total. The summed E-state index contributed by atoms with van der Waals surface area (Å²) in [5.74, 6) is -0.297. The Hall–Kier alpha value is -1.16. The van der Waals surface area contributed by atoms with E-state index in [1.165, 1.54) is 38.4 Å². The molecule has 0 aliphatic carbocycles. The summed E-state index contributed by atoms with van der Waals surface area (Å²) in [5, 5.41) is 0. The van der Waals surface area contributed by atoms with Gasteiger partial charge in [0, 0.05) is 26.3 Å². The molecule has 0 aromatic heterocycles. The summed E-state index contributed by atoms with van der Waals surface area (Å²) < 4.78 is 49.9. The van der Waals surface area contributed by atoms with E-state index in [9.17, 15) is 16.8 Å². The zero-order valence-corrected chi connectivity index (χ0v) is 12.3.